The summed E-state index contributed by atoms with van der Waals surface area (Å²) in [6.07, 6.45) is 5.06. The van der Waals surface area contributed by atoms with E-state index >= 15 is 0 Å². The van der Waals surface area contributed by atoms with E-state index in [2.05, 4.69) is 51.7 Å². The Labute approximate surface area is 179 Å². The SMILES string of the molecule is CCNC(=NCCCCNc1ccccn1)N1CCc2ccccc2C1.I. The number of unbranched alkanes of at least 4 members (excludes halogenated alkanes) is 1. The van der Waals surface area contributed by atoms with Crippen molar-refractivity contribution in [2.24, 2.45) is 4.99 Å². The molecule has 0 spiro atoms. The van der Waals surface area contributed by atoms with Crippen molar-refractivity contribution in [2.45, 2.75) is 32.7 Å². The first-order valence-corrected chi connectivity index (χ1v) is 9.62. The van der Waals surface area contributed by atoms with Crippen LogP contribution in [0.1, 0.15) is 30.9 Å². The third kappa shape index (κ3) is 6.68. The summed E-state index contributed by atoms with van der Waals surface area (Å²) >= 11 is 0. The number of aliphatic imine (C=N–C) groups is 1. The highest BCUT2D eigenvalue weighted by Gasteiger charge is 2.18. The first-order valence-electron chi connectivity index (χ1n) is 9.62. The maximum Gasteiger partial charge on any atom is 0.194 e. The zero-order valence-electron chi connectivity index (χ0n) is 16.0. The van der Waals surface area contributed by atoms with E-state index in [4.69, 9.17) is 4.99 Å². The molecule has 146 valence electrons. The molecular weight excluding hydrogens is 449 g/mol. The van der Waals surface area contributed by atoms with Crippen LogP contribution in [0.4, 0.5) is 5.82 Å². The van der Waals surface area contributed by atoms with Gasteiger partial charge in [0.25, 0.3) is 0 Å². The van der Waals surface area contributed by atoms with Crippen molar-refractivity contribution in [1.82, 2.24) is 15.2 Å². The number of pyridine rings is 1. The number of hydrogen-bond acceptors (Lipinski definition) is 3. The van der Waals surface area contributed by atoms with Crippen LogP contribution < -0.4 is 10.6 Å². The lowest BCUT2D eigenvalue weighted by atomic mass is 10.0. The van der Waals surface area contributed by atoms with Gasteiger partial charge >= 0.3 is 0 Å². The third-order valence-electron chi connectivity index (χ3n) is 4.58. The Kier molecular flexibility index (Phi) is 9.38. The van der Waals surface area contributed by atoms with E-state index in [0.29, 0.717) is 0 Å². The maximum atomic E-state index is 4.84. The number of anilines is 1. The molecule has 6 heteroatoms. The van der Waals surface area contributed by atoms with Gasteiger partial charge in [-0.25, -0.2) is 4.98 Å². The molecular formula is C21H30IN5. The lowest BCUT2D eigenvalue weighted by Gasteiger charge is -2.31. The van der Waals surface area contributed by atoms with Crippen LogP contribution in [-0.2, 0) is 13.0 Å². The molecule has 0 atom stereocenters. The summed E-state index contributed by atoms with van der Waals surface area (Å²) in [7, 11) is 0. The monoisotopic (exact) mass is 479 g/mol. The summed E-state index contributed by atoms with van der Waals surface area (Å²) in [5.74, 6) is 1.98. The van der Waals surface area contributed by atoms with Gasteiger partial charge in [0.15, 0.2) is 5.96 Å². The number of benzene rings is 1. The van der Waals surface area contributed by atoms with Crippen LogP contribution in [0.3, 0.4) is 0 Å². The summed E-state index contributed by atoms with van der Waals surface area (Å²) in [5.41, 5.74) is 2.89. The van der Waals surface area contributed by atoms with Gasteiger partial charge in [-0.3, -0.25) is 4.99 Å². The molecule has 2 heterocycles. The summed E-state index contributed by atoms with van der Waals surface area (Å²) in [4.78, 5) is 11.5. The van der Waals surface area contributed by atoms with Crippen molar-refractivity contribution in [1.29, 1.82) is 0 Å². The smallest absolute Gasteiger partial charge is 0.194 e. The lowest BCUT2D eigenvalue weighted by Crippen LogP contribution is -2.44. The van der Waals surface area contributed by atoms with E-state index in [9.17, 15) is 0 Å². The Bertz CT molecular complexity index is 705. The Morgan fingerprint density at radius 2 is 1.93 bits per heavy atom. The Morgan fingerprint density at radius 3 is 2.70 bits per heavy atom. The van der Waals surface area contributed by atoms with Crippen LogP contribution in [0, 0.1) is 0 Å². The van der Waals surface area contributed by atoms with Gasteiger partial charge in [0, 0.05) is 38.9 Å². The topological polar surface area (TPSA) is 52.6 Å². The van der Waals surface area contributed by atoms with Crippen LogP contribution in [0.25, 0.3) is 0 Å². The van der Waals surface area contributed by atoms with Crippen molar-refractivity contribution >= 4 is 35.8 Å². The summed E-state index contributed by atoms with van der Waals surface area (Å²) in [5, 5.41) is 6.80. The average Bonchev–Trinajstić information content (AvgIpc) is 2.70. The second kappa shape index (κ2) is 11.8. The molecule has 3 rings (SSSR count). The second-order valence-corrected chi connectivity index (χ2v) is 6.52. The van der Waals surface area contributed by atoms with Crippen molar-refractivity contribution < 1.29 is 0 Å². The lowest BCUT2D eigenvalue weighted by molar-refractivity contribution is 0.378. The molecule has 1 aromatic carbocycles. The van der Waals surface area contributed by atoms with Gasteiger partial charge in [-0.05, 0) is 49.4 Å². The van der Waals surface area contributed by atoms with Crippen molar-refractivity contribution in [2.75, 3.05) is 31.5 Å². The molecule has 0 fully saturated rings. The first-order chi connectivity index (χ1) is 12.9. The number of guanidine groups is 1. The van der Waals surface area contributed by atoms with Crippen LogP contribution in [0.2, 0.25) is 0 Å². The molecule has 0 amide bonds. The predicted molar refractivity (Wildman–Crippen MR) is 124 cm³/mol. The predicted octanol–water partition coefficient (Wildman–Crippen LogP) is 3.92. The highest BCUT2D eigenvalue weighted by atomic mass is 127. The van der Waals surface area contributed by atoms with Gasteiger partial charge in [-0.1, -0.05) is 30.3 Å². The molecule has 1 aliphatic heterocycles. The van der Waals surface area contributed by atoms with E-state index in [1.54, 1.807) is 0 Å². The molecule has 2 N–H and O–H groups in total. The van der Waals surface area contributed by atoms with Crippen molar-refractivity contribution in [3.05, 3.63) is 59.8 Å². The minimum Gasteiger partial charge on any atom is -0.370 e. The fraction of sp³-hybridized carbons (Fsp3) is 0.429. The number of nitrogens with one attached hydrogen (secondary N) is 2. The quantitative estimate of drug-likeness (QED) is 0.274. The Hall–Kier alpha value is -1.83. The molecule has 1 aromatic heterocycles. The number of hydrogen-bond donors (Lipinski definition) is 2. The number of nitrogens with zero attached hydrogens (tertiary/aromatic N) is 3. The molecule has 2 aromatic rings. The van der Waals surface area contributed by atoms with E-state index in [1.807, 2.05) is 24.4 Å². The molecule has 1 aliphatic rings. The molecule has 0 saturated carbocycles. The van der Waals surface area contributed by atoms with E-state index in [-0.39, 0.29) is 24.0 Å². The molecule has 0 radical (unpaired) electrons. The molecule has 5 nitrogen and oxygen atoms in total. The van der Waals surface area contributed by atoms with Crippen LogP contribution >= 0.6 is 24.0 Å². The summed E-state index contributed by atoms with van der Waals surface area (Å²) in [6, 6.07) is 14.7. The van der Waals surface area contributed by atoms with Crippen LogP contribution in [0.5, 0.6) is 0 Å². The van der Waals surface area contributed by atoms with E-state index in [1.165, 1.54) is 11.1 Å². The molecule has 27 heavy (non-hydrogen) atoms. The van der Waals surface area contributed by atoms with Gasteiger partial charge in [-0.2, -0.15) is 0 Å². The zero-order valence-corrected chi connectivity index (χ0v) is 18.4. The standard InChI is InChI=1S/C21H29N5.HI/c1-2-22-21(26-16-12-18-9-3-4-10-19(18)17-26)25-15-8-7-14-24-20-11-5-6-13-23-20;/h3-6,9-11,13H,2,7-8,12,14-17H2,1H3,(H,22,25)(H,23,24);1H. The summed E-state index contributed by atoms with van der Waals surface area (Å²) < 4.78 is 0. The Balaban J connectivity index is 0.00000261. The maximum absolute atomic E-state index is 4.84. The highest BCUT2D eigenvalue weighted by Crippen LogP contribution is 2.18. The zero-order chi connectivity index (χ0) is 18.0. The minimum absolute atomic E-state index is 0. The number of aromatic nitrogens is 1. The molecule has 0 saturated heterocycles. The Morgan fingerprint density at radius 1 is 1.11 bits per heavy atom. The van der Waals surface area contributed by atoms with E-state index in [0.717, 1.165) is 63.8 Å². The number of rotatable bonds is 7. The molecule has 0 unspecified atom stereocenters. The summed E-state index contributed by atoms with van der Waals surface area (Å²) in [6.45, 7) is 6.79. The molecule has 0 aliphatic carbocycles. The van der Waals surface area contributed by atoms with Crippen molar-refractivity contribution in [3.63, 3.8) is 0 Å². The second-order valence-electron chi connectivity index (χ2n) is 6.52. The number of halogens is 1. The van der Waals surface area contributed by atoms with Crippen LogP contribution in [0.15, 0.2) is 53.7 Å². The largest absolute Gasteiger partial charge is 0.370 e. The van der Waals surface area contributed by atoms with E-state index < -0.39 is 0 Å². The van der Waals surface area contributed by atoms with Gasteiger partial charge in [0.1, 0.15) is 5.82 Å². The molecule has 0 bridgehead atoms. The minimum atomic E-state index is 0. The van der Waals surface area contributed by atoms with Gasteiger partial charge < -0.3 is 15.5 Å². The normalized spacial score (nSPS) is 13.5. The average molecular weight is 479 g/mol. The van der Waals surface area contributed by atoms with Gasteiger partial charge in [0.2, 0.25) is 0 Å². The van der Waals surface area contributed by atoms with Gasteiger partial charge in [0.05, 0.1) is 0 Å². The number of fused-ring (bicyclic) bond motifs is 1. The highest BCUT2D eigenvalue weighted by molar-refractivity contribution is 14.0. The third-order valence-corrected chi connectivity index (χ3v) is 4.58. The van der Waals surface area contributed by atoms with Crippen molar-refractivity contribution in [3.8, 4) is 0 Å². The first kappa shape index (κ1) is 21.5. The van der Waals surface area contributed by atoms with Crippen LogP contribution in [-0.4, -0.2) is 42.0 Å². The fourth-order valence-corrected chi connectivity index (χ4v) is 3.21. The fourth-order valence-electron chi connectivity index (χ4n) is 3.21. The van der Waals surface area contributed by atoms with Gasteiger partial charge in [-0.15, -0.1) is 24.0 Å².